The monoisotopic (exact) mass is 474 g/mol. The molecule has 0 aromatic heterocycles. The van der Waals surface area contributed by atoms with Crippen molar-refractivity contribution in [2.24, 2.45) is 0 Å². The van der Waals surface area contributed by atoms with E-state index >= 15 is 0 Å². The van der Waals surface area contributed by atoms with E-state index < -0.39 is 0 Å². The SMILES string of the molecule is CCOC(=O)C1=C(Nc2ccccc2)C[C@@H](c2ccccc2)N(c2ccccc2)[C@@H]1c1ccccc1. The zero-order valence-corrected chi connectivity index (χ0v) is 20.4. The molecule has 0 aliphatic carbocycles. The van der Waals surface area contributed by atoms with E-state index in [4.69, 9.17) is 4.74 Å². The molecule has 0 amide bonds. The lowest BCUT2D eigenvalue weighted by atomic mass is 9.84. The topological polar surface area (TPSA) is 41.6 Å². The van der Waals surface area contributed by atoms with Gasteiger partial charge in [0.1, 0.15) is 0 Å². The first-order valence-corrected chi connectivity index (χ1v) is 12.4. The second-order valence-corrected chi connectivity index (χ2v) is 8.79. The van der Waals surface area contributed by atoms with E-state index in [-0.39, 0.29) is 18.1 Å². The van der Waals surface area contributed by atoms with Gasteiger partial charge in [0.2, 0.25) is 0 Å². The van der Waals surface area contributed by atoms with E-state index in [0.29, 0.717) is 18.6 Å². The molecule has 0 radical (unpaired) electrons. The van der Waals surface area contributed by atoms with Gasteiger partial charge in [-0.3, -0.25) is 0 Å². The summed E-state index contributed by atoms with van der Waals surface area (Å²) in [4.78, 5) is 16.0. The van der Waals surface area contributed by atoms with Crippen LogP contribution in [0, 0.1) is 0 Å². The Morgan fingerprint density at radius 3 is 1.89 bits per heavy atom. The lowest BCUT2D eigenvalue weighted by Gasteiger charge is -2.46. The van der Waals surface area contributed by atoms with Gasteiger partial charge in [0.15, 0.2) is 0 Å². The number of rotatable bonds is 7. The molecule has 1 heterocycles. The molecule has 1 aliphatic heterocycles. The third kappa shape index (κ3) is 4.89. The molecule has 0 unspecified atom stereocenters. The first kappa shape index (κ1) is 23.4. The molecule has 0 fully saturated rings. The van der Waals surface area contributed by atoms with Crippen LogP contribution >= 0.6 is 0 Å². The normalized spacial score (nSPS) is 17.5. The average Bonchev–Trinajstić information content (AvgIpc) is 2.94. The predicted octanol–water partition coefficient (Wildman–Crippen LogP) is 7.31. The van der Waals surface area contributed by atoms with Gasteiger partial charge in [-0.1, -0.05) is 97.1 Å². The highest BCUT2D eigenvalue weighted by Gasteiger charge is 2.41. The van der Waals surface area contributed by atoms with Crippen molar-refractivity contribution in [2.75, 3.05) is 16.8 Å². The minimum atomic E-state index is -0.335. The minimum Gasteiger partial charge on any atom is -0.463 e. The Balaban J connectivity index is 1.76. The van der Waals surface area contributed by atoms with E-state index in [1.54, 1.807) is 0 Å². The fourth-order valence-corrected chi connectivity index (χ4v) is 4.99. The quantitative estimate of drug-likeness (QED) is 0.285. The third-order valence-electron chi connectivity index (χ3n) is 6.53. The van der Waals surface area contributed by atoms with Crippen LogP contribution in [0.3, 0.4) is 0 Å². The van der Waals surface area contributed by atoms with Crippen molar-refractivity contribution in [3.05, 3.63) is 144 Å². The fraction of sp³-hybridized carbons (Fsp3) is 0.156. The highest BCUT2D eigenvalue weighted by Crippen LogP contribution is 2.48. The largest absolute Gasteiger partial charge is 0.463 e. The lowest BCUT2D eigenvalue weighted by molar-refractivity contribution is -0.139. The molecule has 1 aliphatic rings. The number of carbonyl (C=O) groups is 1. The number of hydrogen-bond donors (Lipinski definition) is 1. The molecule has 0 spiro atoms. The molecular weight excluding hydrogens is 444 g/mol. The predicted molar refractivity (Wildman–Crippen MR) is 146 cm³/mol. The van der Waals surface area contributed by atoms with Crippen molar-refractivity contribution in [1.29, 1.82) is 0 Å². The Bertz CT molecular complexity index is 1310. The van der Waals surface area contributed by atoms with Crippen LogP contribution < -0.4 is 10.2 Å². The number of esters is 1. The Morgan fingerprint density at radius 1 is 0.778 bits per heavy atom. The number of hydrogen-bond acceptors (Lipinski definition) is 4. The maximum atomic E-state index is 13.7. The number of nitrogens with zero attached hydrogens (tertiary/aromatic N) is 1. The van der Waals surface area contributed by atoms with Gasteiger partial charge in [-0.25, -0.2) is 4.79 Å². The zero-order chi connectivity index (χ0) is 24.7. The molecule has 4 aromatic carbocycles. The highest BCUT2D eigenvalue weighted by molar-refractivity contribution is 5.93. The molecule has 2 atom stereocenters. The van der Waals surface area contributed by atoms with Gasteiger partial charge >= 0.3 is 5.97 Å². The summed E-state index contributed by atoms with van der Waals surface area (Å²) < 4.78 is 5.66. The van der Waals surface area contributed by atoms with Crippen LogP contribution in [-0.4, -0.2) is 12.6 Å². The van der Waals surface area contributed by atoms with Crippen LogP contribution in [0.1, 0.15) is 36.6 Å². The van der Waals surface area contributed by atoms with Crippen molar-refractivity contribution >= 4 is 17.3 Å². The van der Waals surface area contributed by atoms with E-state index in [0.717, 1.165) is 22.6 Å². The number of nitrogens with one attached hydrogen (secondary N) is 1. The molecule has 4 aromatic rings. The summed E-state index contributed by atoms with van der Waals surface area (Å²) in [5.74, 6) is -0.294. The Kier molecular flexibility index (Phi) is 7.13. The van der Waals surface area contributed by atoms with E-state index in [1.165, 1.54) is 5.56 Å². The molecule has 0 saturated heterocycles. The van der Waals surface area contributed by atoms with Crippen molar-refractivity contribution in [2.45, 2.75) is 25.4 Å². The summed E-state index contributed by atoms with van der Waals surface area (Å²) in [6, 6.07) is 40.8. The maximum Gasteiger partial charge on any atom is 0.338 e. The van der Waals surface area contributed by atoms with Crippen LogP contribution in [0.2, 0.25) is 0 Å². The highest BCUT2D eigenvalue weighted by atomic mass is 16.5. The van der Waals surface area contributed by atoms with Gasteiger partial charge in [-0.2, -0.15) is 0 Å². The number of anilines is 2. The molecule has 0 bridgehead atoms. The summed E-state index contributed by atoms with van der Waals surface area (Å²) in [5.41, 5.74) is 5.76. The third-order valence-corrected chi connectivity index (χ3v) is 6.53. The lowest BCUT2D eigenvalue weighted by Crippen LogP contribution is -2.41. The second kappa shape index (κ2) is 11.0. The van der Waals surface area contributed by atoms with E-state index in [2.05, 4.69) is 58.7 Å². The summed E-state index contributed by atoms with van der Waals surface area (Å²) in [6.07, 6.45) is 0.630. The Labute approximate surface area is 212 Å². The molecule has 0 saturated carbocycles. The standard InChI is InChI=1S/C32H30N2O2/c1-2-36-32(35)30-28(33-26-19-11-5-12-20-26)23-29(24-15-7-3-8-16-24)34(27-21-13-6-14-22-27)31(30)25-17-9-4-10-18-25/h3-22,29,31,33H,2,23H2,1H3/t29-,31+/m0/s1. The summed E-state index contributed by atoms with van der Waals surface area (Å²) in [7, 11) is 0. The van der Waals surface area contributed by atoms with Gasteiger partial charge in [0, 0.05) is 23.5 Å². The zero-order valence-electron chi connectivity index (χ0n) is 20.4. The number of ether oxygens (including phenoxy) is 1. The van der Waals surface area contributed by atoms with Crippen LogP contribution in [-0.2, 0) is 9.53 Å². The Morgan fingerprint density at radius 2 is 1.31 bits per heavy atom. The molecule has 1 N–H and O–H groups in total. The van der Waals surface area contributed by atoms with Crippen molar-refractivity contribution in [3.8, 4) is 0 Å². The van der Waals surface area contributed by atoms with Gasteiger partial charge in [-0.05, 0) is 42.3 Å². The van der Waals surface area contributed by atoms with Gasteiger partial charge in [0.05, 0.1) is 24.3 Å². The van der Waals surface area contributed by atoms with Crippen LogP contribution in [0.25, 0.3) is 0 Å². The van der Waals surface area contributed by atoms with E-state index in [1.807, 2.05) is 79.7 Å². The fourth-order valence-electron chi connectivity index (χ4n) is 4.99. The summed E-state index contributed by atoms with van der Waals surface area (Å²) >= 11 is 0. The summed E-state index contributed by atoms with van der Waals surface area (Å²) in [5, 5.41) is 3.59. The first-order chi connectivity index (χ1) is 17.8. The second-order valence-electron chi connectivity index (χ2n) is 8.79. The van der Waals surface area contributed by atoms with Crippen LogP contribution in [0.15, 0.2) is 133 Å². The van der Waals surface area contributed by atoms with Crippen molar-refractivity contribution in [1.82, 2.24) is 0 Å². The van der Waals surface area contributed by atoms with Gasteiger partial charge < -0.3 is 15.0 Å². The van der Waals surface area contributed by atoms with Gasteiger partial charge in [0.25, 0.3) is 0 Å². The Hall–Kier alpha value is -4.31. The number of para-hydroxylation sites is 2. The molecule has 180 valence electrons. The molecule has 5 rings (SSSR count). The summed E-state index contributed by atoms with van der Waals surface area (Å²) in [6.45, 7) is 2.17. The number of benzene rings is 4. The smallest absolute Gasteiger partial charge is 0.338 e. The van der Waals surface area contributed by atoms with Crippen molar-refractivity contribution < 1.29 is 9.53 Å². The van der Waals surface area contributed by atoms with E-state index in [9.17, 15) is 4.79 Å². The number of carbonyl (C=O) groups excluding carboxylic acids is 1. The van der Waals surface area contributed by atoms with Gasteiger partial charge in [-0.15, -0.1) is 0 Å². The maximum absolute atomic E-state index is 13.7. The molecule has 36 heavy (non-hydrogen) atoms. The van der Waals surface area contributed by atoms with Crippen LogP contribution in [0.5, 0.6) is 0 Å². The average molecular weight is 475 g/mol. The van der Waals surface area contributed by atoms with Crippen LogP contribution in [0.4, 0.5) is 11.4 Å². The molecular formula is C32H30N2O2. The van der Waals surface area contributed by atoms with Crippen molar-refractivity contribution in [3.63, 3.8) is 0 Å². The first-order valence-electron chi connectivity index (χ1n) is 12.4. The molecule has 4 heteroatoms. The molecule has 4 nitrogen and oxygen atoms in total. The minimum absolute atomic E-state index is 0.00296.